The maximum atomic E-state index is 13.1. The normalized spacial score (nSPS) is 22.1. The van der Waals surface area contributed by atoms with Crippen LogP contribution in [0.2, 0.25) is 0 Å². The Bertz CT molecular complexity index is 812. The van der Waals surface area contributed by atoms with Crippen molar-refractivity contribution in [1.29, 1.82) is 0 Å². The summed E-state index contributed by atoms with van der Waals surface area (Å²) in [4.78, 5) is 15.1. The molecule has 2 amide bonds. The molecule has 6 heteroatoms. The molecule has 0 radical (unpaired) electrons. The van der Waals surface area contributed by atoms with Gasteiger partial charge in [0, 0.05) is 30.3 Å². The number of hydrogen-bond donors (Lipinski definition) is 2. The molecule has 150 valence electrons. The minimum atomic E-state index is 0.0331. The van der Waals surface area contributed by atoms with E-state index in [1.807, 2.05) is 36.9 Å². The molecular weight excluding hydrogens is 352 g/mol. The smallest absolute Gasteiger partial charge is 0.317 e. The zero-order chi connectivity index (χ0) is 19.5. The van der Waals surface area contributed by atoms with Crippen molar-refractivity contribution in [2.75, 3.05) is 19.7 Å². The zero-order valence-corrected chi connectivity index (χ0v) is 16.8. The number of para-hydroxylation sites is 1. The maximum absolute atomic E-state index is 13.1. The number of likely N-dealkylation sites (tertiary alicyclic amines) is 1. The maximum Gasteiger partial charge on any atom is 0.317 e. The molecule has 1 fully saturated rings. The van der Waals surface area contributed by atoms with E-state index in [0.717, 1.165) is 49.4 Å². The van der Waals surface area contributed by atoms with Gasteiger partial charge in [0.15, 0.2) is 0 Å². The minimum absolute atomic E-state index is 0.0331. The summed E-state index contributed by atoms with van der Waals surface area (Å²) in [6.45, 7) is 6.16. The summed E-state index contributed by atoms with van der Waals surface area (Å²) < 4.78 is 5.87. The van der Waals surface area contributed by atoms with Crippen LogP contribution in [0.25, 0.3) is 0 Å². The largest absolute Gasteiger partial charge is 0.493 e. The van der Waals surface area contributed by atoms with E-state index in [0.29, 0.717) is 19.1 Å². The lowest BCUT2D eigenvalue weighted by Gasteiger charge is -2.32. The Balaban J connectivity index is 1.42. The Hall–Kier alpha value is -2.50. The van der Waals surface area contributed by atoms with Gasteiger partial charge in [0.1, 0.15) is 5.75 Å². The number of carbonyl (C=O) groups excluding carboxylic acids is 1. The molecule has 4 rings (SSSR count). The Kier molecular flexibility index (Phi) is 5.55. The Morgan fingerprint density at radius 3 is 2.96 bits per heavy atom. The second kappa shape index (κ2) is 8.25. The fourth-order valence-corrected chi connectivity index (χ4v) is 4.56. The monoisotopic (exact) mass is 382 g/mol. The molecule has 1 saturated heterocycles. The molecule has 2 aromatic rings. The van der Waals surface area contributed by atoms with E-state index in [2.05, 4.69) is 21.6 Å². The van der Waals surface area contributed by atoms with Gasteiger partial charge in [-0.2, -0.15) is 5.10 Å². The summed E-state index contributed by atoms with van der Waals surface area (Å²) in [5.41, 5.74) is 4.48. The van der Waals surface area contributed by atoms with Crippen LogP contribution in [0.1, 0.15) is 54.2 Å². The van der Waals surface area contributed by atoms with Crippen LogP contribution in [-0.4, -0.2) is 40.8 Å². The van der Waals surface area contributed by atoms with Crippen molar-refractivity contribution in [2.45, 2.75) is 52.0 Å². The number of benzene rings is 1. The van der Waals surface area contributed by atoms with Crippen molar-refractivity contribution >= 4 is 6.03 Å². The van der Waals surface area contributed by atoms with Crippen molar-refractivity contribution in [2.24, 2.45) is 5.92 Å². The molecular formula is C22H30N4O2. The van der Waals surface area contributed by atoms with Crippen LogP contribution in [0.15, 0.2) is 24.3 Å². The molecule has 3 heterocycles. The fraction of sp³-hybridized carbons (Fsp3) is 0.545. The lowest BCUT2D eigenvalue weighted by atomic mass is 9.96. The Labute approximate surface area is 166 Å². The van der Waals surface area contributed by atoms with Gasteiger partial charge in [0.2, 0.25) is 0 Å². The zero-order valence-electron chi connectivity index (χ0n) is 16.8. The van der Waals surface area contributed by atoms with Gasteiger partial charge < -0.3 is 15.0 Å². The number of aromatic amines is 1. The minimum Gasteiger partial charge on any atom is -0.493 e. The molecule has 1 aromatic heterocycles. The van der Waals surface area contributed by atoms with Crippen LogP contribution in [0.3, 0.4) is 0 Å². The van der Waals surface area contributed by atoms with Crippen molar-refractivity contribution in [1.82, 2.24) is 20.4 Å². The summed E-state index contributed by atoms with van der Waals surface area (Å²) in [5, 5.41) is 10.6. The predicted molar refractivity (Wildman–Crippen MR) is 109 cm³/mol. The van der Waals surface area contributed by atoms with Crippen molar-refractivity contribution in [3.63, 3.8) is 0 Å². The third-order valence-electron chi connectivity index (χ3n) is 6.03. The molecule has 2 aliphatic rings. The second-order valence-corrected chi connectivity index (χ2v) is 8.08. The van der Waals surface area contributed by atoms with E-state index in [-0.39, 0.29) is 12.1 Å². The van der Waals surface area contributed by atoms with Gasteiger partial charge in [-0.3, -0.25) is 5.10 Å². The molecule has 1 aromatic carbocycles. The van der Waals surface area contributed by atoms with Gasteiger partial charge >= 0.3 is 6.03 Å². The summed E-state index contributed by atoms with van der Waals surface area (Å²) in [6.07, 6.45) is 5.31. The highest BCUT2D eigenvalue weighted by molar-refractivity contribution is 5.75. The molecule has 2 N–H and O–H groups in total. The highest BCUT2D eigenvalue weighted by Crippen LogP contribution is 2.33. The number of ether oxygens (including phenoxy) is 1. The second-order valence-electron chi connectivity index (χ2n) is 8.08. The van der Waals surface area contributed by atoms with Gasteiger partial charge in [-0.05, 0) is 44.7 Å². The number of amides is 2. The van der Waals surface area contributed by atoms with E-state index in [9.17, 15) is 4.79 Å². The van der Waals surface area contributed by atoms with Crippen molar-refractivity contribution < 1.29 is 9.53 Å². The molecule has 0 spiro atoms. The van der Waals surface area contributed by atoms with E-state index < -0.39 is 0 Å². The van der Waals surface area contributed by atoms with Gasteiger partial charge in [0.05, 0.1) is 18.3 Å². The molecule has 0 bridgehead atoms. The number of rotatable bonds is 3. The number of aromatic nitrogens is 2. The lowest BCUT2D eigenvalue weighted by Crippen LogP contribution is -2.45. The molecule has 6 nitrogen and oxygen atoms in total. The first-order chi connectivity index (χ1) is 13.6. The van der Waals surface area contributed by atoms with Crippen LogP contribution in [-0.2, 0) is 6.42 Å². The van der Waals surface area contributed by atoms with E-state index in [1.54, 1.807) is 0 Å². The van der Waals surface area contributed by atoms with Crippen molar-refractivity contribution in [3.8, 4) is 5.75 Å². The number of nitrogens with zero attached hydrogens (tertiary/aromatic N) is 2. The highest BCUT2D eigenvalue weighted by atomic mass is 16.5. The standard InChI is InChI=1S/C22H30N4O2/c1-15-21(16(2)25-24-15)19-9-4-3-7-11-26(19)22(27)23-13-17-12-18-8-5-6-10-20(18)28-14-17/h5-6,8,10,17,19H,3-4,7,9,11-14H2,1-2H3,(H,23,27)(H,24,25). The molecule has 2 aliphatic heterocycles. The summed E-state index contributed by atoms with van der Waals surface area (Å²) in [5.74, 6) is 1.28. The first kappa shape index (κ1) is 18.8. The highest BCUT2D eigenvalue weighted by Gasteiger charge is 2.30. The number of H-pyrrole nitrogens is 1. The van der Waals surface area contributed by atoms with Gasteiger partial charge in [-0.1, -0.05) is 31.0 Å². The molecule has 2 atom stereocenters. The quantitative estimate of drug-likeness (QED) is 0.846. The molecule has 28 heavy (non-hydrogen) atoms. The number of urea groups is 1. The summed E-state index contributed by atoms with van der Waals surface area (Å²) in [6, 6.07) is 8.30. The first-order valence-corrected chi connectivity index (χ1v) is 10.4. The summed E-state index contributed by atoms with van der Waals surface area (Å²) in [7, 11) is 0. The molecule has 0 saturated carbocycles. The number of aryl methyl sites for hydroxylation is 2. The SMILES string of the molecule is Cc1n[nH]c(C)c1C1CCCCCN1C(=O)NCC1COc2ccccc2C1. The van der Waals surface area contributed by atoms with Crippen LogP contribution in [0.5, 0.6) is 5.75 Å². The third kappa shape index (κ3) is 3.86. The average Bonchev–Trinajstić information content (AvgIpc) is 2.91. The average molecular weight is 383 g/mol. The Morgan fingerprint density at radius 2 is 2.14 bits per heavy atom. The topological polar surface area (TPSA) is 70.2 Å². The van der Waals surface area contributed by atoms with Gasteiger partial charge in [-0.25, -0.2) is 4.79 Å². The van der Waals surface area contributed by atoms with Gasteiger partial charge in [-0.15, -0.1) is 0 Å². The number of hydrogen-bond acceptors (Lipinski definition) is 3. The fourth-order valence-electron chi connectivity index (χ4n) is 4.56. The van der Waals surface area contributed by atoms with E-state index in [1.165, 1.54) is 17.5 Å². The van der Waals surface area contributed by atoms with Crippen LogP contribution in [0.4, 0.5) is 4.79 Å². The van der Waals surface area contributed by atoms with Crippen LogP contribution < -0.4 is 10.1 Å². The molecule has 2 unspecified atom stereocenters. The lowest BCUT2D eigenvalue weighted by molar-refractivity contribution is 0.168. The number of fused-ring (bicyclic) bond motifs is 1. The first-order valence-electron chi connectivity index (χ1n) is 10.4. The number of nitrogens with one attached hydrogen (secondary N) is 2. The summed E-state index contributed by atoms with van der Waals surface area (Å²) >= 11 is 0. The third-order valence-corrected chi connectivity index (χ3v) is 6.03. The van der Waals surface area contributed by atoms with E-state index >= 15 is 0 Å². The Morgan fingerprint density at radius 1 is 1.29 bits per heavy atom. The van der Waals surface area contributed by atoms with Crippen LogP contribution in [0, 0.1) is 19.8 Å². The number of carbonyl (C=O) groups is 1. The van der Waals surface area contributed by atoms with Gasteiger partial charge in [0.25, 0.3) is 0 Å². The van der Waals surface area contributed by atoms with Crippen LogP contribution >= 0.6 is 0 Å². The van der Waals surface area contributed by atoms with E-state index in [4.69, 9.17) is 4.74 Å². The predicted octanol–water partition coefficient (Wildman–Crippen LogP) is 3.90. The van der Waals surface area contributed by atoms with Crippen molar-refractivity contribution in [3.05, 3.63) is 46.8 Å². The molecule has 0 aliphatic carbocycles.